The molecule has 0 saturated carbocycles. The second kappa shape index (κ2) is 10.4. The second-order valence-corrected chi connectivity index (χ2v) is 5.33. The van der Waals surface area contributed by atoms with E-state index in [1.54, 1.807) is 7.11 Å². The van der Waals surface area contributed by atoms with Crippen molar-refractivity contribution >= 4 is 11.9 Å². The van der Waals surface area contributed by atoms with Crippen molar-refractivity contribution in [2.45, 2.75) is 32.7 Å². The van der Waals surface area contributed by atoms with E-state index in [1.165, 1.54) is 0 Å². The van der Waals surface area contributed by atoms with Crippen LogP contribution in [0.15, 0.2) is 0 Å². The van der Waals surface area contributed by atoms with Crippen LogP contribution in [0.2, 0.25) is 0 Å². The lowest BCUT2D eigenvalue weighted by Gasteiger charge is -2.35. The summed E-state index contributed by atoms with van der Waals surface area (Å²) in [6, 6.07) is 0.219. The van der Waals surface area contributed by atoms with Gasteiger partial charge in [0, 0.05) is 39.3 Å². The van der Waals surface area contributed by atoms with Crippen molar-refractivity contribution in [3.63, 3.8) is 0 Å². The first-order chi connectivity index (χ1) is 10.6. The smallest absolute Gasteiger partial charge is 0.319 e. The summed E-state index contributed by atoms with van der Waals surface area (Å²) in [5, 5.41) is 2.96. The SMILES string of the molecule is CCN(CC)C(=O)N1CCC(NC(=O)COCCOC)CC1. The standard InChI is InChI=1S/C15H29N3O4/c1-4-17(5-2)15(20)18-8-6-13(7-9-18)16-14(19)12-22-11-10-21-3/h13H,4-12H2,1-3H3,(H,16,19). The first-order valence-electron chi connectivity index (χ1n) is 8.02. The lowest BCUT2D eigenvalue weighted by atomic mass is 10.1. The summed E-state index contributed by atoms with van der Waals surface area (Å²) in [5.74, 6) is -0.107. The van der Waals surface area contributed by atoms with E-state index in [1.807, 2.05) is 23.6 Å². The highest BCUT2D eigenvalue weighted by molar-refractivity contribution is 5.77. The molecular formula is C15H29N3O4. The largest absolute Gasteiger partial charge is 0.382 e. The number of amides is 3. The number of piperidine rings is 1. The van der Waals surface area contributed by atoms with Gasteiger partial charge in [0.1, 0.15) is 6.61 Å². The van der Waals surface area contributed by atoms with Gasteiger partial charge in [0.2, 0.25) is 5.91 Å². The Morgan fingerprint density at radius 3 is 2.36 bits per heavy atom. The van der Waals surface area contributed by atoms with E-state index in [2.05, 4.69) is 5.32 Å². The minimum atomic E-state index is -0.107. The molecule has 3 amide bonds. The van der Waals surface area contributed by atoms with Crippen LogP contribution in [0.1, 0.15) is 26.7 Å². The van der Waals surface area contributed by atoms with Gasteiger partial charge in [0.05, 0.1) is 13.2 Å². The fraction of sp³-hybridized carbons (Fsp3) is 0.867. The fourth-order valence-corrected chi connectivity index (χ4v) is 2.49. The van der Waals surface area contributed by atoms with E-state index in [0.29, 0.717) is 26.3 Å². The molecule has 0 unspecified atom stereocenters. The zero-order chi connectivity index (χ0) is 16.4. The van der Waals surface area contributed by atoms with Gasteiger partial charge < -0.3 is 24.6 Å². The lowest BCUT2D eigenvalue weighted by molar-refractivity contribution is -0.127. The van der Waals surface area contributed by atoms with Crippen LogP contribution in [-0.4, -0.2) is 80.9 Å². The Labute approximate surface area is 132 Å². The molecule has 1 heterocycles. The Hall–Kier alpha value is -1.34. The van der Waals surface area contributed by atoms with Crippen LogP contribution < -0.4 is 5.32 Å². The topological polar surface area (TPSA) is 71.1 Å². The number of rotatable bonds is 8. The van der Waals surface area contributed by atoms with E-state index < -0.39 is 0 Å². The van der Waals surface area contributed by atoms with Gasteiger partial charge in [-0.05, 0) is 26.7 Å². The predicted octanol–water partition coefficient (Wildman–Crippen LogP) is 0.692. The summed E-state index contributed by atoms with van der Waals surface area (Å²) in [5.41, 5.74) is 0. The van der Waals surface area contributed by atoms with Crippen molar-refractivity contribution in [1.82, 2.24) is 15.1 Å². The minimum Gasteiger partial charge on any atom is -0.382 e. The number of nitrogens with one attached hydrogen (secondary N) is 1. The second-order valence-electron chi connectivity index (χ2n) is 5.33. The van der Waals surface area contributed by atoms with Crippen LogP contribution >= 0.6 is 0 Å². The molecule has 0 aromatic carbocycles. The van der Waals surface area contributed by atoms with Crippen LogP contribution in [0.5, 0.6) is 0 Å². The minimum absolute atomic E-state index is 0.0575. The number of carbonyl (C=O) groups is 2. The number of likely N-dealkylation sites (tertiary alicyclic amines) is 1. The first-order valence-corrected chi connectivity index (χ1v) is 8.02. The zero-order valence-corrected chi connectivity index (χ0v) is 14.0. The van der Waals surface area contributed by atoms with Gasteiger partial charge in [-0.15, -0.1) is 0 Å². The highest BCUT2D eigenvalue weighted by Crippen LogP contribution is 2.12. The molecule has 1 N–H and O–H groups in total. The Kier molecular flexibility index (Phi) is 8.84. The third-order valence-corrected chi connectivity index (χ3v) is 3.83. The number of hydrogen-bond donors (Lipinski definition) is 1. The fourth-order valence-electron chi connectivity index (χ4n) is 2.49. The molecule has 0 radical (unpaired) electrons. The summed E-state index contributed by atoms with van der Waals surface area (Å²) < 4.78 is 10.0. The number of urea groups is 1. The van der Waals surface area contributed by atoms with E-state index >= 15 is 0 Å². The molecule has 1 rings (SSSR count). The van der Waals surface area contributed by atoms with Crippen LogP contribution in [-0.2, 0) is 14.3 Å². The normalized spacial score (nSPS) is 15.7. The lowest BCUT2D eigenvalue weighted by Crippen LogP contribution is -2.51. The number of methoxy groups -OCH3 is 1. The highest BCUT2D eigenvalue weighted by Gasteiger charge is 2.25. The molecule has 0 aromatic heterocycles. The van der Waals surface area contributed by atoms with Crippen LogP contribution in [0, 0.1) is 0 Å². The van der Waals surface area contributed by atoms with E-state index in [-0.39, 0.29) is 24.6 Å². The van der Waals surface area contributed by atoms with Crippen molar-refractivity contribution in [1.29, 1.82) is 0 Å². The van der Waals surface area contributed by atoms with E-state index in [4.69, 9.17) is 9.47 Å². The molecule has 0 aliphatic carbocycles. The molecule has 7 heteroatoms. The zero-order valence-electron chi connectivity index (χ0n) is 14.0. The molecule has 1 saturated heterocycles. The summed E-state index contributed by atoms with van der Waals surface area (Å²) in [7, 11) is 1.59. The molecular weight excluding hydrogens is 286 g/mol. The van der Waals surface area contributed by atoms with Crippen LogP contribution in [0.25, 0.3) is 0 Å². The summed E-state index contributed by atoms with van der Waals surface area (Å²) in [4.78, 5) is 27.6. The van der Waals surface area contributed by atoms with Crippen molar-refractivity contribution in [3.05, 3.63) is 0 Å². The van der Waals surface area contributed by atoms with Crippen molar-refractivity contribution in [3.8, 4) is 0 Å². The number of carbonyl (C=O) groups excluding carboxylic acids is 2. The van der Waals surface area contributed by atoms with Gasteiger partial charge in [0.15, 0.2) is 0 Å². The quantitative estimate of drug-likeness (QED) is 0.669. The van der Waals surface area contributed by atoms with Crippen molar-refractivity contribution < 1.29 is 19.1 Å². The molecule has 0 aromatic rings. The summed E-state index contributed by atoms with van der Waals surface area (Å²) in [6.07, 6.45) is 1.58. The third kappa shape index (κ3) is 6.19. The van der Waals surface area contributed by atoms with Crippen molar-refractivity contribution in [2.24, 2.45) is 0 Å². The van der Waals surface area contributed by atoms with E-state index in [0.717, 1.165) is 25.9 Å². The average Bonchev–Trinajstić information content (AvgIpc) is 2.53. The molecule has 0 bridgehead atoms. The number of nitrogens with zero attached hydrogens (tertiary/aromatic N) is 2. The Morgan fingerprint density at radius 2 is 1.82 bits per heavy atom. The highest BCUT2D eigenvalue weighted by atomic mass is 16.5. The van der Waals surface area contributed by atoms with E-state index in [9.17, 15) is 9.59 Å². The Balaban J connectivity index is 2.24. The molecule has 1 fully saturated rings. The summed E-state index contributed by atoms with van der Waals surface area (Å²) >= 11 is 0. The average molecular weight is 315 g/mol. The maximum absolute atomic E-state index is 12.2. The first kappa shape index (κ1) is 18.7. The maximum atomic E-state index is 12.2. The summed E-state index contributed by atoms with van der Waals surface area (Å²) in [6.45, 7) is 7.75. The predicted molar refractivity (Wildman–Crippen MR) is 83.7 cm³/mol. The molecule has 0 spiro atoms. The molecule has 22 heavy (non-hydrogen) atoms. The number of ether oxygens (including phenoxy) is 2. The monoisotopic (exact) mass is 315 g/mol. The number of hydrogen-bond acceptors (Lipinski definition) is 4. The molecule has 1 aliphatic heterocycles. The molecule has 1 aliphatic rings. The Morgan fingerprint density at radius 1 is 1.18 bits per heavy atom. The maximum Gasteiger partial charge on any atom is 0.319 e. The van der Waals surface area contributed by atoms with Crippen LogP contribution in [0.4, 0.5) is 4.79 Å². The van der Waals surface area contributed by atoms with Gasteiger partial charge in [-0.3, -0.25) is 4.79 Å². The van der Waals surface area contributed by atoms with Crippen molar-refractivity contribution in [2.75, 3.05) is 53.1 Å². The molecule has 0 atom stereocenters. The van der Waals surface area contributed by atoms with Crippen LogP contribution in [0.3, 0.4) is 0 Å². The molecule has 7 nitrogen and oxygen atoms in total. The molecule has 128 valence electrons. The third-order valence-electron chi connectivity index (χ3n) is 3.83. The Bertz CT molecular complexity index is 340. The van der Waals surface area contributed by atoms with Gasteiger partial charge in [-0.2, -0.15) is 0 Å². The van der Waals surface area contributed by atoms with Gasteiger partial charge in [0.25, 0.3) is 0 Å². The van der Waals surface area contributed by atoms with Gasteiger partial charge in [-0.1, -0.05) is 0 Å². The van der Waals surface area contributed by atoms with Gasteiger partial charge >= 0.3 is 6.03 Å². The van der Waals surface area contributed by atoms with Gasteiger partial charge in [-0.25, -0.2) is 4.79 Å².